The number of amides is 2. The number of benzene rings is 2. The molecule has 2 aromatic rings. The van der Waals surface area contributed by atoms with Gasteiger partial charge in [-0.3, -0.25) is 9.59 Å². The predicted molar refractivity (Wildman–Crippen MR) is 100 cm³/mol. The van der Waals surface area contributed by atoms with Gasteiger partial charge < -0.3 is 11.1 Å². The number of para-hydroxylation sites is 1. The Morgan fingerprint density at radius 1 is 1.19 bits per heavy atom. The lowest BCUT2D eigenvalue weighted by molar-refractivity contribution is -0.137. The summed E-state index contributed by atoms with van der Waals surface area (Å²) in [5.74, 6) is -0.983. The van der Waals surface area contributed by atoms with E-state index < -0.39 is 28.6 Å². The van der Waals surface area contributed by atoms with Gasteiger partial charge in [0.2, 0.25) is 11.8 Å². The van der Waals surface area contributed by atoms with Crippen LogP contribution in [0.15, 0.2) is 53.4 Å². The van der Waals surface area contributed by atoms with Gasteiger partial charge >= 0.3 is 6.18 Å². The topological polar surface area (TPSA) is 72.2 Å². The molecule has 0 aromatic heterocycles. The fraction of sp³-hybridized carbons (Fsp3) is 0.111. The van der Waals surface area contributed by atoms with Crippen molar-refractivity contribution in [3.8, 4) is 0 Å². The quantitative estimate of drug-likeness (QED) is 0.536. The number of carbonyl (C=O) groups is 2. The number of alkyl halides is 3. The molecule has 0 saturated heterocycles. The van der Waals surface area contributed by atoms with Gasteiger partial charge in [0.25, 0.3) is 0 Å². The van der Waals surface area contributed by atoms with Gasteiger partial charge in [-0.15, -0.1) is 11.8 Å². The summed E-state index contributed by atoms with van der Waals surface area (Å²) < 4.78 is 38.6. The van der Waals surface area contributed by atoms with Gasteiger partial charge in [0.05, 0.1) is 22.0 Å². The van der Waals surface area contributed by atoms with Crippen molar-refractivity contribution in [2.45, 2.75) is 11.1 Å². The van der Waals surface area contributed by atoms with Crippen LogP contribution >= 0.6 is 23.4 Å². The fourth-order valence-corrected chi connectivity index (χ4v) is 3.03. The molecule has 3 N–H and O–H groups in total. The molecule has 0 radical (unpaired) electrons. The lowest BCUT2D eigenvalue weighted by atomic mass is 10.1. The van der Waals surface area contributed by atoms with E-state index in [0.29, 0.717) is 10.6 Å². The zero-order chi connectivity index (χ0) is 20.0. The Morgan fingerprint density at radius 3 is 2.56 bits per heavy atom. The summed E-state index contributed by atoms with van der Waals surface area (Å²) in [6.07, 6.45) is -2.22. The molecule has 0 heterocycles. The third kappa shape index (κ3) is 6.33. The molecule has 0 aliphatic rings. The van der Waals surface area contributed by atoms with E-state index in [1.165, 1.54) is 12.1 Å². The Kier molecular flexibility index (Phi) is 6.92. The van der Waals surface area contributed by atoms with Gasteiger partial charge in [-0.25, -0.2) is 0 Å². The number of rotatable bonds is 6. The van der Waals surface area contributed by atoms with E-state index in [0.717, 1.165) is 30.0 Å². The summed E-state index contributed by atoms with van der Waals surface area (Å²) in [6.45, 7) is 0. The Morgan fingerprint density at radius 2 is 1.89 bits per heavy atom. The molecule has 27 heavy (non-hydrogen) atoms. The predicted octanol–water partition coefficient (Wildman–Crippen LogP) is 4.59. The third-order valence-corrected chi connectivity index (χ3v) is 4.66. The minimum Gasteiger partial charge on any atom is -0.369 e. The van der Waals surface area contributed by atoms with Crippen LogP contribution in [0.1, 0.15) is 11.1 Å². The van der Waals surface area contributed by atoms with Crippen LogP contribution in [-0.2, 0) is 15.8 Å². The zero-order valence-electron chi connectivity index (χ0n) is 13.7. The Balaban J connectivity index is 2.12. The first-order valence-electron chi connectivity index (χ1n) is 7.53. The number of halogens is 4. The van der Waals surface area contributed by atoms with Gasteiger partial charge in [-0.2, -0.15) is 13.2 Å². The molecule has 0 spiro atoms. The van der Waals surface area contributed by atoms with Crippen LogP contribution in [0.5, 0.6) is 0 Å². The highest BCUT2D eigenvalue weighted by Crippen LogP contribution is 2.35. The molecule has 142 valence electrons. The summed E-state index contributed by atoms with van der Waals surface area (Å²) in [4.78, 5) is 23.6. The van der Waals surface area contributed by atoms with Gasteiger partial charge in [0, 0.05) is 11.0 Å². The first-order chi connectivity index (χ1) is 12.7. The van der Waals surface area contributed by atoms with Gasteiger partial charge in [0.15, 0.2) is 0 Å². The highest BCUT2D eigenvalue weighted by atomic mass is 35.5. The maximum atomic E-state index is 12.9. The van der Waals surface area contributed by atoms with Crippen LogP contribution in [0.25, 0.3) is 6.08 Å². The number of anilines is 1. The number of nitrogens with two attached hydrogens (primary N) is 1. The molecule has 2 aromatic carbocycles. The molecular weight excluding hydrogens is 401 g/mol. The number of hydrogen-bond donors (Lipinski definition) is 2. The third-order valence-electron chi connectivity index (χ3n) is 3.24. The van der Waals surface area contributed by atoms with Crippen molar-refractivity contribution in [2.24, 2.45) is 5.73 Å². The highest BCUT2D eigenvalue weighted by Gasteiger charge is 2.33. The van der Waals surface area contributed by atoms with E-state index in [9.17, 15) is 22.8 Å². The fourth-order valence-electron chi connectivity index (χ4n) is 2.05. The molecule has 9 heteroatoms. The highest BCUT2D eigenvalue weighted by molar-refractivity contribution is 8.00. The summed E-state index contributed by atoms with van der Waals surface area (Å²) >= 11 is 6.73. The molecule has 0 aliphatic carbocycles. The minimum atomic E-state index is -4.58. The minimum absolute atomic E-state index is 0.0493. The second-order valence-corrected chi connectivity index (χ2v) is 6.74. The number of primary amides is 1. The SMILES string of the molecule is NC(=O)CSc1ccccc1NC(=O)/C=C/c1ccc(Cl)c(C(F)(F)F)c1. The number of thioether (sulfide) groups is 1. The standard InChI is InChI=1S/C18H14ClF3N2O2S/c19-13-7-5-11(9-12(13)18(20,21)22)6-8-17(26)24-14-3-1-2-4-15(14)27-10-16(23)25/h1-9H,10H2,(H2,23,25)(H,24,26)/b8-6+. The van der Waals surface area contributed by atoms with E-state index in [2.05, 4.69) is 5.32 Å². The number of carbonyl (C=O) groups excluding carboxylic acids is 2. The van der Waals surface area contributed by atoms with Crippen LogP contribution in [0.4, 0.5) is 18.9 Å². The normalized spacial score (nSPS) is 11.6. The molecule has 0 atom stereocenters. The van der Waals surface area contributed by atoms with E-state index >= 15 is 0 Å². The summed E-state index contributed by atoms with van der Waals surface area (Å²) in [6, 6.07) is 10.1. The number of hydrogen-bond acceptors (Lipinski definition) is 3. The lowest BCUT2D eigenvalue weighted by Gasteiger charge is -2.10. The second kappa shape index (κ2) is 8.96. The maximum Gasteiger partial charge on any atom is 0.417 e. The van der Waals surface area contributed by atoms with E-state index in [1.54, 1.807) is 24.3 Å². The molecular formula is C18H14ClF3N2O2S. The molecule has 4 nitrogen and oxygen atoms in total. The van der Waals surface area contributed by atoms with Crippen molar-refractivity contribution in [2.75, 3.05) is 11.1 Å². The van der Waals surface area contributed by atoms with Gasteiger partial charge in [0.1, 0.15) is 0 Å². The molecule has 0 aliphatic heterocycles. The van der Waals surface area contributed by atoms with Crippen molar-refractivity contribution >= 4 is 46.9 Å². The van der Waals surface area contributed by atoms with Crippen molar-refractivity contribution in [3.05, 3.63) is 64.7 Å². The van der Waals surface area contributed by atoms with Crippen molar-refractivity contribution in [1.29, 1.82) is 0 Å². The van der Waals surface area contributed by atoms with Crippen LogP contribution in [0.2, 0.25) is 5.02 Å². The van der Waals surface area contributed by atoms with Crippen molar-refractivity contribution < 1.29 is 22.8 Å². The molecule has 2 amide bonds. The molecule has 2 rings (SSSR count). The summed E-state index contributed by atoms with van der Waals surface area (Å²) in [7, 11) is 0. The van der Waals surface area contributed by atoms with Crippen LogP contribution < -0.4 is 11.1 Å². The van der Waals surface area contributed by atoms with E-state index in [-0.39, 0.29) is 11.3 Å². The summed E-state index contributed by atoms with van der Waals surface area (Å²) in [5.41, 5.74) is 4.78. The van der Waals surface area contributed by atoms with Crippen LogP contribution in [0.3, 0.4) is 0 Å². The van der Waals surface area contributed by atoms with Crippen LogP contribution in [0, 0.1) is 0 Å². The Bertz CT molecular complexity index is 885. The lowest BCUT2D eigenvalue weighted by Crippen LogP contribution is -2.13. The molecule has 0 unspecified atom stereocenters. The smallest absolute Gasteiger partial charge is 0.369 e. The summed E-state index contributed by atoms with van der Waals surface area (Å²) in [5, 5.41) is 2.20. The van der Waals surface area contributed by atoms with Crippen molar-refractivity contribution in [1.82, 2.24) is 0 Å². The van der Waals surface area contributed by atoms with Crippen LogP contribution in [-0.4, -0.2) is 17.6 Å². The average Bonchev–Trinajstić information content (AvgIpc) is 2.59. The first-order valence-corrected chi connectivity index (χ1v) is 8.89. The second-order valence-electron chi connectivity index (χ2n) is 5.31. The molecule has 0 saturated carbocycles. The van der Waals surface area contributed by atoms with Gasteiger partial charge in [-0.05, 0) is 35.9 Å². The monoisotopic (exact) mass is 414 g/mol. The molecule has 0 bridgehead atoms. The average molecular weight is 415 g/mol. The van der Waals surface area contributed by atoms with E-state index in [4.69, 9.17) is 17.3 Å². The van der Waals surface area contributed by atoms with Crippen molar-refractivity contribution in [3.63, 3.8) is 0 Å². The maximum absolute atomic E-state index is 12.9. The zero-order valence-corrected chi connectivity index (χ0v) is 15.3. The van der Waals surface area contributed by atoms with E-state index in [1.807, 2.05) is 0 Å². The van der Waals surface area contributed by atoms with Gasteiger partial charge in [-0.1, -0.05) is 29.8 Å². The Labute approximate surface area is 162 Å². The number of nitrogens with one attached hydrogen (secondary N) is 1. The Hall–Kier alpha value is -2.45. The first kappa shape index (κ1) is 20.9. The largest absolute Gasteiger partial charge is 0.417 e. The molecule has 0 fully saturated rings.